The van der Waals surface area contributed by atoms with Crippen molar-refractivity contribution in [2.45, 2.75) is 52.0 Å². The van der Waals surface area contributed by atoms with Crippen LogP contribution in [0.3, 0.4) is 0 Å². The molecule has 0 amide bonds. The van der Waals surface area contributed by atoms with Crippen LogP contribution < -0.4 is 5.32 Å². The Bertz CT molecular complexity index is 321. The lowest BCUT2D eigenvalue weighted by Gasteiger charge is -2.37. The van der Waals surface area contributed by atoms with Crippen LogP contribution in [0, 0.1) is 17.2 Å². The third-order valence-corrected chi connectivity index (χ3v) is 5.08. The van der Waals surface area contributed by atoms with E-state index in [-0.39, 0.29) is 0 Å². The van der Waals surface area contributed by atoms with Gasteiger partial charge in [-0.2, -0.15) is 0 Å². The first-order valence-corrected chi connectivity index (χ1v) is 8.81. The van der Waals surface area contributed by atoms with Gasteiger partial charge in [0.05, 0.1) is 5.84 Å². The SMILES string of the molecule is CC(C)CNC(=N)C1CCN(C2CCCN(C)CC2)CC1. The second-order valence-corrected chi connectivity index (χ2v) is 7.39. The summed E-state index contributed by atoms with van der Waals surface area (Å²) in [5.74, 6) is 1.87. The molecule has 0 aliphatic carbocycles. The zero-order valence-electron chi connectivity index (χ0n) is 14.2. The van der Waals surface area contributed by atoms with Gasteiger partial charge in [-0.3, -0.25) is 5.41 Å². The Morgan fingerprint density at radius 1 is 1.10 bits per heavy atom. The van der Waals surface area contributed by atoms with Gasteiger partial charge in [-0.1, -0.05) is 13.8 Å². The fraction of sp³-hybridized carbons (Fsp3) is 0.941. The van der Waals surface area contributed by atoms with Crippen molar-refractivity contribution in [3.8, 4) is 0 Å². The molecule has 0 bridgehead atoms. The molecule has 2 N–H and O–H groups in total. The predicted octanol–water partition coefficient (Wildman–Crippen LogP) is 2.41. The smallest absolute Gasteiger partial charge is 0.0964 e. The standard InChI is InChI=1S/C17H34N4/c1-14(2)13-19-17(18)15-6-11-21(12-7-15)16-5-4-9-20(3)10-8-16/h14-16H,4-13H2,1-3H3,(H2,18,19). The van der Waals surface area contributed by atoms with E-state index in [9.17, 15) is 0 Å². The molecule has 2 rings (SSSR count). The van der Waals surface area contributed by atoms with Crippen molar-refractivity contribution < 1.29 is 0 Å². The van der Waals surface area contributed by atoms with E-state index in [2.05, 4.69) is 36.0 Å². The average Bonchev–Trinajstić information content (AvgIpc) is 2.69. The Balaban J connectivity index is 1.73. The Kier molecular flexibility index (Phi) is 6.49. The van der Waals surface area contributed by atoms with Gasteiger partial charge in [-0.15, -0.1) is 0 Å². The van der Waals surface area contributed by atoms with Gasteiger partial charge in [-0.05, 0) is 71.2 Å². The molecule has 1 atom stereocenters. The largest absolute Gasteiger partial charge is 0.374 e. The maximum atomic E-state index is 8.21. The number of nitrogens with one attached hydrogen (secondary N) is 2. The summed E-state index contributed by atoms with van der Waals surface area (Å²) in [6, 6.07) is 0.786. The molecule has 0 aromatic rings. The van der Waals surface area contributed by atoms with Crippen molar-refractivity contribution in [2.24, 2.45) is 11.8 Å². The lowest BCUT2D eigenvalue weighted by Crippen LogP contribution is -2.45. The maximum absolute atomic E-state index is 8.21. The number of hydrogen-bond donors (Lipinski definition) is 2. The third-order valence-electron chi connectivity index (χ3n) is 5.08. The van der Waals surface area contributed by atoms with Gasteiger partial charge in [0.1, 0.15) is 0 Å². The molecule has 21 heavy (non-hydrogen) atoms. The molecule has 2 heterocycles. The Hall–Kier alpha value is -0.610. The Labute approximate surface area is 130 Å². The van der Waals surface area contributed by atoms with E-state index in [4.69, 9.17) is 5.41 Å². The van der Waals surface area contributed by atoms with Gasteiger partial charge in [0.15, 0.2) is 0 Å². The Morgan fingerprint density at radius 3 is 2.48 bits per heavy atom. The second-order valence-electron chi connectivity index (χ2n) is 7.39. The molecule has 122 valence electrons. The summed E-state index contributed by atoms with van der Waals surface area (Å²) < 4.78 is 0. The van der Waals surface area contributed by atoms with Crippen molar-refractivity contribution in [1.82, 2.24) is 15.1 Å². The monoisotopic (exact) mass is 294 g/mol. The maximum Gasteiger partial charge on any atom is 0.0964 e. The van der Waals surface area contributed by atoms with Crippen LogP contribution in [-0.2, 0) is 0 Å². The van der Waals surface area contributed by atoms with Crippen molar-refractivity contribution in [2.75, 3.05) is 39.8 Å². The zero-order valence-corrected chi connectivity index (χ0v) is 14.2. The number of hydrogen-bond acceptors (Lipinski definition) is 3. The van der Waals surface area contributed by atoms with Gasteiger partial charge in [0.2, 0.25) is 0 Å². The summed E-state index contributed by atoms with van der Waals surface area (Å²) in [6.07, 6.45) is 6.35. The van der Waals surface area contributed by atoms with Crippen LogP contribution in [0.25, 0.3) is 0 Å². The molecule has 0 aromatic carbocycles. The van der Waals surface area contributed by atoms with Crippen molar-refractivity contribution in [3.63, 3.8) is 0 Å². The van der Waals surface area contributed by atoms with Gasteiger partial charge in [0, 0.05) is 18.5 Å². The first-order valence-electron chi connectivity index (χ1n) is 8.81. The first kappa shape index (κ1) is 16.8. The first-order chi connectivity index (χ1) is 10.1. The second kappa shape index (κ2) is 8.14. The van der Waals surface area contributed by atoms with Crippen LogP contribution in [-0.4, -0.2) is 61.4 Å². The summed E-state index contributed by atoms with van der Waals surface area (Å²) in [6.45, 7) is 10.2. The van der Waals surface area contributed by atoms with E-state index in [1.54, 1.807) is 0 Å². The molecule has 0 saturated carbocycles. The summed E-state index contributed by atoms with van der Waals surface area (Å²) in [7, 11) is 2.25. The lowest BCUT2D eigenvalue weighted by molar-refractivity contribution is 0.136. The van der Waals surface area contributed by atoms with E-state index < -0.39 is 0 Å². The highest BCUT2D eigenvalue weighted by molar-refractivity contribution is 5.81. The minimum absolute atomic E-state index is 0.466. The molecular formula is C17H34N4. The molecule has 1 unspecified atom stereocenters. The van der Waals surface area contributed by atoms with Crippen LogP contribution in [0.5, 0.6) is 0 Å². The Morgan fingerprint density at radius 2 is 1.81 bits per heavy atom. The molecule has 4 heteroatoms. The number of nitrogens with zero attached hydrogens (tertiary/aromatic N) is 2. The minimum Gasteiger partial charge on any atom is -0.374 e. The summed E-state index contributed by atoms with van der Waals surface area (Å²) >= 11 is 0. The van der Waals surface area contributed by atoms with E-state index in [1.807, 2.05) is 0 Å². The average molecular weight is 294 g/mol. The summed E-state index contributed by atoms with van der Waals surface area (Å²) in [4.78, 5) is 5.17. The quantitative estimate of drug-likeness (QED) is 0.618. The van der Waals surface area contributed by atoms with E-state index in [0.29, 0.717) is 11.8 Å². The van der Waals surface area contributed by atoms with Gasteiger partial charge in [0.25, 0.3) is 0 Å². The number of likely N-dealkylation sites (tertiary alicyclic amines) is 2. The summed E-state index contributed by atoms with van der Waals surface area (Å²) in [5.41, 5.74) is 0. The topological polar surface area (TPSA) is 42.4 Å². The van der Waals surface area contributed by atoms with Crippen LogP contribution in [0.2, 0.25) is 0 Å². The lowest BCUT2D eigenvalue weighted by atomic mass is 9.93. The highest BCUT2D eigenvalue weighted by Gasteiger charge is 2.28. The van der Waals surface area contributed by atoms with Crippen LogP contribution in [0.4, 0.5) is 0 Å². The molecule has 2 fully saturated rings. The molecule has 0 spiro atoms. The van der Waals surface area contributed by atoms with E-state index >= 15 is 0 Å². The molecule has 4 nitrogen and oxygen atoms in total. The normalized spacial score (nSPS) is 26.8. The number of amidine groups is 1. The highest BCUT2D eigenvalue weighted by atomic mass is 15.2. The predicted molar refractivity (Wildman–Crippen MR) is 90.0 cm³/mol. The van der Waals surface area contributed by atoms with E-state index in [0.717, 1.165) is 31.3 Å². The number of rotatable bonds is 4. The third kappa shape index (κ3) is 5.26. The highest BCUT2D eigenvalue weighted by Crippen LogP contribution is 2.24. The van der Waals surface area contributed by atoms with Crippen molar-refractivity contribution in [3.05, 3.63) is 0 Å². The zero-order chi connectivity index (χ0) is 15.2. The van der Waals surface area contributed by atoms with Crippen LogP contribution in [0.15, 0.2) is 0 Å². The molecule has 0 aromatic heterocycles. The fourth-order valence-corrected chi connectivity index (χ4v) is 3.60. The molecular weight excluding hydrogens is 260 g/mol. The van der Waals surface area contributed by atoms with Crippen molar-refractivity contribution in [1.29, 1.82) is 5.41 Å². The van der Waals surface area contributed by atoms with E-state index in [1.165, 1.54) is 45.4 Å². The fourth-order valence-electron chi connectivity index (χ4n) is 3.60. The van der Waals surface area contributed by atoms with Crippen LogP contribution in [0.1, 0.15) is 46.0 Å². The van der Waals surface area contributed by atoms with Gasteiger partial charge >= 0.3 is 0 Å². The minimum atomic E-state index is 0.466. The molecule has 2 saturated heterocycles. The van der Waals surface area contributed by atoms with Gasteiger partial charge < -0.3 is 15.1 Å². The molecule has 2 aliphatic rings. The van der Waals surface area contributed by atoms with Gasteiger partial charge in [-0.25, -0.2) is 0 Å². The molecule has 2 aliphatic heterocycles. The summed E-state index contributed by atoms with van der Waals surface area (Å²) in [5, 5.41) is 11.5. The molecule has 0 radical (unpaired) electrons. The van der Waals surface area contributed by atoms with Crippen LogP contribution >= 0.6 is 0 Å². The number of piperidine rings is 1. The van der Waals surface area contributed by atoms with Crippen molar-refractivity contribution >= 4 is 5.84 Å².